The molecular formula is C20H41N. The van der Waals surface area contributed by atoms with Gasteiger partial charge in [-0.05, 0) is 25.8 Å². The quantitative estimate of drug-likeness (QED) is 0.399. The number of rotatable bonds is 12. The Morgan fingerprint density at radius 3 is 1.67 bits per heavy atom. The van der Waals surface area contributed by atoms with Crippen molar-refractivity contribution < 1.29 is 0 Å². The molecule has 0 atom stereocenters. The highest BCUT2D eigenvalue weighted by Crippen LogP contribution is 2.17. The zero-order valence-corrected chi connectivity index (χ0v) is 14.8. The van der Waals surface area contributed by atoms with Gasteiger partial charge in [-0.15, -0.1) is 0 Å². The third-order valence-electron chi connectivity index (χ3n) is 5.07. The minimum absolute atomic E-state index is 0.837. The van der Waals surface area contributed by atoms with Crippen LogP contribution in [0.5, 0.6) is 0 Å². The molecule has 1 aliphatic carbocycles. The summed E-state index contributed by atoms with van der Waals surface area (Å²) in [5.41, 5.74) is 0. The molecular weight excluding hydrogens is 254 g/mol. The van der Waals surface area contributed by atoms with Crippen molar-refractivity contribution in [3.63, 3.8) is 0 Å². The molecule has 1 fully saturated rings. The predicted octanol–water partition coefficient (Wildman–Crippen LogP) is 6.61. The highest BCUT2D eigenvalue weighted by atomic mass is 14.9. The van der Waals surface area contributed by atoms with Crippen molar-refractivity contribution in [2.45, 2.75) is 122 Å². The highest BCUT2D eigenvalue weighted by molar-refractivity contribution is 4.69. The molecule has 1 saturated carbocycles. The summed E-state index contributed by atoms with van der Waals surface area (Å²) in [5.74, 6) is 0. The van der Waals surface area contributed by atoms with E-state index in [1.54, 1.807) is 0 Å². The lowest BCUT2D eigenvalue weighted by atomic mass is 9.96. The molecule has 1 N–H and O–H groups in total. The van der Waals surface area contributed by atoms with Gasteiger partial charge in [-0.3, -0.25) is 0 Å². The molecule has 0 bridgehead atoms. The molecule has 0 radical (unpaired) electrons. The van der Waals surface area contributed by atoms with Crippen LogP contribution in [0.15, 0.2) is 0 Å². The van der Waals surface area contributed by atoms with E-state index in [-0.39, 0.29) is 0 Å². The summed E-state index contributed by atoms with van der Waals surface area (Å²) in [4.78, 5) is 0. The van der Waals surface area contributed by atoms with Crippen molar-refractivity contribution in [2.24, 2.45) is 0 Å². The maximum Gasteiger partial charge on any atom is 0.00670 e. The van der Waals surface area contributed by atoms with Crippen LogP contribution < -0.4 is 5.32 Å². The van der Waals surface area contributed by atoms with E-state index in [1.165, 1.54) is 116 Å². The zero-order valence-electron chi connectivity index (χ0n) is 14.8. The molecule has 1 aliphatic rings. The molecule has 0 unspecified atom stereocenters. The SMILES string of the molecule is CCCCCCCCCCCCNC1CCCCCCC1. The fourth-order valence-electron chi connectivity index (χ4n) is 3.58. The van der Waals surface area contributed by atoms with Crippen molar-refractivity contribution in [3.05, 3.63) is 0 Å². The van der Waals surface area contributed by atoms with E-state index < -0.39 is 0 Å². The first-order valence-electron chi connectivity index (χ1n) is 10.2. The van der Waals surface area contributed by atoms with Crippen LogP contribution in [-0.2, 0) is 0 Å². The molecule has 0 aromatic heterocycles. The van der Waals surface area contributed by atoms with Gasteiger partial charge in [0, 0.05) is 6.04 Å². The van der Waals surface area contributed by atoms with E-state index in [1.807, 2.05) is 0 Å². The van der Waals surface area contributed by atoms with Crippen LogP contribution in [0.3, 0.4) is 0 Å². The number of hydrogen-bond acceptors (Lipinski definition) is 1. The molecule has 126 valence electrons. The second-order valence-electron chi connectivity index (χ2n) is 7.18. The van der Waals surface area contributed by atoms with Crippen LogP contribution in [-0.4, -0.2) is 12.6 Å². The largest absolute Gasteiger partial charge is 0.314 e. The van der Waals surface area contributed by atoms with Crippen LogP contribution in [0.25, 0.3) is 0 Å². The summed E-state index contributed by atoms with van der Waals surface area (Å²) < 4.78 is 0. The van der Waals surface area contributed by atoms with Gasteiger partial charge in [0.2, 0.25) is 0 Å². The molecule has 0 saturated heterocycles. The molecule has 21 heavy (non-hydrogen) atoms. The van der Waals surface area contributed by atoms with Gasteiger partial charge in [0.15, 0.2) is 0 Å². The van der Waals surface area contributed by atoms with Crippen molar-refractivity contribution in [1.29, 1.82) is 0 Å². The van der Waals surface area contributed by atoms with Crippen LogP contribution in [0.1, 0.15) is 116 Å². The molecule has 0 aromatic rings. The Morgan fingerprint density at radius 2 is 1.10 bits per heavy atom. The second kappa shape index (κ2) is 14.9. The second-order valence-corrected chi connectivity index (χ2v) is 7.18. The Balaban J connectivity index is 1.79. The van der Waals surface area contributed by atoms with Gasteiger partial charge >= 0.3 is 0 Å². The summed E-state index contributed by atoms with van der Waals surface area (Å²) in [7, 11) is 0. The first kappa shape index (κ1) is 19.0. The zero-order chi connectivity index (χ0) is 15.0. The van der Waals surface area contributed by atoms with Crippen molar-refractivity contribution in [3.8, 4) is 0 Å². The molecule has 1 nitrogen and oxygen atoms in total. The molecule has 0 spiro atoms. The molecule has 1 rings (SSSR count). The van der Waals surface area contributed by atoms with Gasteiger partial charge in [-0.25, -0.2) is 0 Å². The summed E-state index contributed by atoms with van der Waals surface area (Å²) in [6.07, 6.45) is 24.6. The highest BCUT2D eigenvalue weighted by Gasteiger charge is 2.09. The van der Waals surface area contributed by atoms with Gasteiger partial charge in [0.25, 0.3) is 0 Å². The maximum absolute atomic E-state index is 3.81. The predicted molar refractivity (Wildman–Crippen MR) is 96.0 cm³/mol. The average molecular weight is 296 g/mol. The minimum atomic E-state index is 0.837. The number of nitrogens with one attached hydrogen (secondary N) is 1. The standard InChI is InChI=1S/C20H41N/c1-2-3-4-5-6-7-8-9-13-16-19-21-20-17-14-11-10-12-15-18-20/h20-21H,2-19H2,1H3. The lowest BCUT2D eigenvalue weighted by Crippen LogP contribution is -2.30. The Kier molecular flexibility index (Phi) is 13.5. The summed E-state index contributed by atoms with van der Waals surface area (Å²) in [6.45, 7) is 3.56. The average Bonchev–Trinajstić information content (AvgIpc) is 2.46. The summed E-state index contributed by atoms with van der Waals surface area (Å²) in [6, 6.07) is 0.837. The van der Waals surface area contributed by atoms with E-state index in [0.29, 0.717) is 0 Å². The minimum Gasteiger partial charge on any atom is -0.314 e. The molecule has 0 heterocycles. The van der Waals surface area contributed by atoms with E-state index in [9.17, 15) is 0 Å². The molecule has 1 heteroatoms. The lowest BCUT2D eigenvalue weighted by molar-refractivity contribution is 0.385. The third-order valence-corrected chi connectivity index (χ3v) is 5.07. The van der Waals surface area contributed by atoms with Gasteiger partial charge in [-0.1, -0.05) is 96.8 Å². The fraction of sp³-hybridized carbons (Fsp3) is 1.00. The molecule has 0 amide bonds. The van der Waals surface area contributed by atoms with E-state index >= 15 is 0 Å². The Labute approximate surface area is 134 Å². The molecule has 0 aliphatic heterocycles. The van der Waals surface area contributed by atoms with Gasteiger partial charge in [-0.2, -0.15) is 0 Å². The first-order valence-corrected chi connectivity index (χ1v) is 10.2. The van der Waals surface area contributed by atoms with Crippen LogP contribution in [0.4, 0.5) is 0 Å². The van der Waals surface area contributed by atoms with Gasteiger partial charge in [0.05, 0.1) is 0 Å². The van der Waals surface area contributed by atoms with E-state index in [4.69, 9.17) is 0 Å². The lowest BCUT2D eigenvalue weighted by Gasteiger charge is -2.21. The number of unbranched alkanes of at least 4 members (excludes halogenated alkanes) is 9. The Hall–Kier alpha value is -0.0400. The third kappa shape index (κ3) is 12.2. The van der Waals surface area contributed by atoms with Crippen molar-refractivity contribution in [2.75, 3.05) is 6.54 Å². The Bertz CT molecular complexity index is 194. The van der Waals surface area contributed by atoms with E-state index in [2.05, 4.69) is 12.2 Å². The smallest absolute Gasteiger partial charge is 0.00670 e. The normalized spacial score (nSPS) is 17.6. The topological polar surface area (TPSA) is 12.0 Å². The van der Waals surface area contributed by atoms with Gasteiger partial charge in [0.1, 0.15) is 0 Å². The maximum atomic E-state index is 3.81. The van der Waals surface area contributed by atoms with Crippen LogP contribution in [0, 0.1) is 0 Å². The summed E-state index contributed by atoms with van der Waals surface area (Å²) >= 11 is 0. The van der Waals surface area contributed by atoms with Crippen LogP contribution >= 0.6 is 0 Å². The van der Waals surface area contributed by atoms with Crippen molar-refractivity contribution in [1.82, 2.24) is 5.32 Å². The van der Waals surface area contributed by atoms with E-state index in [0.717, 1.165) is 6.04 Å². The van der Waals surface area contributed by atoms with Crippen LogP contribution in [0.2, 0.25) is 0 Å². The van der Waals surface area contributed by atoms with Crippen molar-refractivity contribution >= 4 is 0 Å². The van der Waals surface area contributed by atoms with Gasteiger partial charge < -0.3 is 5.32 Å². The fourth-order valence-corrected chi connectivity index (χ4v) is 3.58. The molecule has 0 aromatic carbocycles. The summed E-state index contributed by atoms with van der Waals surface area (Å²) in [5, 5.41) is 3.81. The Morgan fingerprint density at radius 1 is 0.619 bits per heavy atom. The number of hydrogen-bond donors (Lipinski definition) is 1. The monoisotopic (exact) mass is 295 g/mol. The first-order chi connectivity index (χ1) is 10.4.